The molecule has 0 bridgehead atoms. The van der Waals surface area contributed by atoms with Crippen molar-refractivity contribution in [3.05, 3.63) is 127 Å². The minimum Gasteiger partial charge on any atom is -0.312 e. The summed E-state index contributed by atoms with van der Waals surface area (Å²) in [6.07, 6.45) is 6.80. The van der Waals surface area contributed by atoms with E-state index in [2.05, 4.69) is 130 Å². The van der Waals surface area contributed by atoms with Gasteiger partial charge in [0.25, 0.3) is 0 Å². The smallest absolute Gasteiger partial charge is 0.0637 e. The van der Waals surface area contributed by atoms with Crippen molar-refractivity contribution >= 4 is 70.3 Å². The SMILES string of the molecule is C1=Cc2c(n(-c3cccc4c3sc3ccccc34)c3ccc(-n4c5ccccc5c5ccccc54)cc23)CC1. The van der Waals surface area contributed by atoms with E-state index in [9.17, 15) is 0 Å². The van der Waals surface area contributed by atoms with Gasteiger partial charge in [0.1, 0.15) is 0 Å². The van der Waals surface area contributed by atoms with Gasteiger partial charge in [-0.15, -0.1) is 11.3 Å². The number of thiophene rings is 1. The zero-order valence-corrected chi connectivity index (χ0v) is 22.1. The second-order valence-corrected chi connectivity index (χ2v) is 11.5. The Morgan fingerprint density at radius 1 is 0.564 bits per heavy atom. The van der Waals surface area contributed by atoms with Gasteiger partial charge in [-0.3, -0.25) is 0 Å². The van der Waals surface area contributed by atoms with E-state index in [-0.39, 0.29) is 0 Å². The molecule has 0 saturated heterocycles. The molecule has 3 aromatic heterocycles. The molecule has 0 aliphatic heterocycles. The summed E-state index contributed by atoms with van der Waals surface area (Å²) < 4.78 is 7.67. The maximum absolute atomic E-state index is 2.54. The molecule has 0 N–H and O–H groups in total. The van der Waals surface area contributed by atoms with Gasteiger partial charge < -0.3 is 9.13 Å². The van der Waals surface area contributed by atoms with Crippen LogP contribution in [0.25, 0.3) is 70.3 Å². The van der Waals surface area contributed by atoms with E-state index in [4.69, 9.17) is 0 Å². The average molecular weight is 517 g/mol. The van der Waals surface area contributed by atoms with Crippen LogP contribution in [0.1, 0.15) is 17.7 Å². The molecule has 9 rings (SSSR count). The van der Waals surface area contributed by atoms with Crippen molar-refractivity contribution in [2.75, 3.05) is 0 Å². The Morgan fingerprint density at radius 3 is 2.08 bits per heavy atom. The van der Waals surface area contributed by atoms with E-state index in [1.165, 1.54) is 75.5 Å². The minimum atomic E-state index is 1.05. The largest absolute Gasteiger partial charge is 0.312 e. The van der Waals surface area contributed by atoms with Crippen molar-refractivity contribution in [3.8, 4) is 11.4 Å². The summed E-state index contributed by atoms with van der Waals surface area (Å²) in [7, 11) is 0. The van der Waals surface area contributed by atoms with Gasteiger partial charge in [-0.25, -0.2) is 0 Å². The zero-order valence-electron chi connectivity index (χ0n) is 21.3. The normalized spacial score (nSPS) is 13.3. The second-order valence-electron chi connectivity index (χ2n) is 10.5. The number of aromatic nitrogens is 2. The summed E-state index contributed by atoms with van der Waals surface area (Å²) in [5.74, 6) is 0. The predicted molar refractivity (Wildman–Crippen MR) is 168 cm³/mol. The summed E-state index contributed by atoms with van der Waals surface area (Å²) in [6.45, 7) is 0. The van der Waals surface area contributed by atoms with Gasteiger partial charge in [0.2, 0.25) is 0 Å². The fourth-order valence-electron chi connectivity index (χ4n) is 6.73. The summed E-state index contributed by atoms with van der Waals surface area (Å²) in [4.78, 5) is 0. The van der Waals surface area contributed by atoms with Crippen molar-refractivity contribution < 1.29 is 0 Å². The topological polar surface area (TPSA) is 9.86 Å². The van der Waals surface area contributed by atoms with Gasteiger partial charge in [-0.05, 0) is 55.3 Å². The molecule has 39 heavy (non-hydrogen) atoms. The molecule has 184 valence electrons. The van der Waals surface area contributed by atoms with Crippen molar-refractivity contribution in [2.24, 2.45) is 0 Å². The van der Waals surface area contributed by atoms with Gasteiger partial charge in [-0.2, -0.15) is 0 Å². The third-order valence-corrected chi connectivity index (χ3v) is 9.60. The van der Waals surface area contributed by atoms with Crippen LogP contribution in [0.2, 0.25) is 0 Å². The third kappa shape index (κ3) is 2.91. The van der Waals surface area contributed by atoms with E-state index in [0.29, 0.717) is 0 Å². The highest BCUT2D eigenvalue weighted by Crippen LogP contribution is 2.42. The zero-order chi connectivity index (χ0) is 25.5. The number of fused-ring (bicyclic) bond motifs is 9. The highest BCUT2D eigenvalue weighted by molar-refractivity contribution is 7.26. The van der Waals surface area contributed by atoms with Crippen LogP contribution >= 0.6 is 11.3 Å². The lowest BCUT2D eigenvalue weighted by Gasteiger charge is -2.14. The Morgan fingerprint density at radius 2 is 1.26 bits per heavy atom. The predicted octanol–water partition coefficient (Wildman–Crippen LogP) is 10.1. The molecule has 8 aromatic rings. The fraction of sp³-hybridized carbons (Fsp3) is 0.0556. The Balaban J connectivity index is 1.36. The number of hydrogen-bond acceptors (Lipinski definition) is 1. The molecule has 5 aromatic carbocycles. The summed E-state index contributed by atoms with van der Waals surface area (Å²) >= 11 is 1.91. The Bertz CT molecular complexity index is 2240. The lowest BCUT2D eigenvalue weighted by atomic mass is 10.0. The first-order valence-electron chi connectivity index (χ1n) is 13.6. The lowest BCUT2D eigenvalue weighted by molar-refractivity contribution is 0.892. The Hall–Kier alpha value is -4.60. The molecule has 2 nitrogen and oxygen atoms in total. The summed E-state index contributed by atoms with van der Waals surface area (Å²) in [5, 5.41) is 6.60. The van der Waals surface area contributed by atoms with Gasteiger partial charge in [-0.1, -0.05) is 78.9 Å². The minimum absolute atomic E-state index is 1.05. The molecule has 1 aliphatic rings. The highest BCUT2D eigenvalue weighted by atomic mass is 32.1. The van der Waals surface area contributed by atoms with Gasteiger partial charge >= 0.3 is 0 Å². The molecule has 0 saturated carbocycles. The van der Waals surface area contributed by atoms with Crippen LogP contribution in [0.4, 0.5) is 0 Å². The van der Waals surface area contributed by atoms with Crippen molar-refractivity contribution in [3.63, 3.8) is 0 Å². The van der Waals surface area contributed by atoms with E-state index in [1.807, 2.05) is 11.3 Å². The number of para-hydroxylation sites is 2. The molecule has 1 aliphatic carbocycles. The number of nitrogens with zero attached hydrogens (tertiary/aromatic N) is 2. The Labute approximate surface area is 229 Å². The molecule has 3 heterocycles. The first kappa shape index (κ1) is 21.3. The third-order valence-electron chi connectivity index (χ3n) is 8.39. The van der Waals surface area contributed by atoms with Crippen LogP contribution in [0.15, 0.2) is 115 Å². The first-order chi connectivity index (χ1) is 19.4. The van der Waals surface area contributed by atoms with Crippen LogP contribution < -0.4 is 0 Å². The molecule has 0 spiro atoms. The lowest BCUT2D eigenvalue weighted by Crippen LogP contribution is -2.03. The monoisotopic (exact) mass is 516 g/mol. The molecule has 3 heteroatoms. The molecule has 0 unspecified atom stereocenters. The summed E-state index contributed by atoms with van der Waals surface area (Å²) in [6, 6.07) is 40.1. The van der Waals surface area contributed by atoms with Gasteiger partial charge in [0, 0.05) is 48.6 Å². The quantitative estimate of drug-likeness (QED) is 0.216. The number of rotatable bonds is 2. The van der Waals surface area contributed by atoms with Crippen molar-refractivity contribution in [1.82, 2.24) is 9.13 Å². The second kappa shape index (κ2) is 7.95. The van der Waals surface area contributed by atoms with Crippen LogP contribution in [0.5, 0.6) is 0 Å². The molecule has 0 atom stereocenters. The van der Waals surface area contributed by atoms with Crippen LogP contribution in [0, 0.1) is 0 Å². The molecular formula is C36H24N2S. The number of allylic oxidation sites excluding steroid dienone is 1. The Kier molecular flexibility index (Phi) is 4.35. The maximum Gasteiger partial charge on any atom is 0.0637 e. The first-order valence-corrected chi connectivity index (χ1v) is 14.4. The molecular weight excluding hydrogens is 492 g/mol. The molecule has 0 radical (unpaired) electrons. The van der Waals surface area contributed by atoms with Gasteiger partial charge in [0.15, 0.2) is 0 Å². The van der Waals surface area contributed by atoms with E-state index in [0.717, 1.165) is 12.8 Å². The van der Waals surface area contributed by atoms with E-state index in [1.54, 1.807) is 0 Å². The highest BCUT2D eigenvalue weighted by Gasteiger charge is 2.22. The summed E-state index contributed by atoms with van der Waals surface area (Å²) in [5.41, 5.74) is 9.04. The van der Waals surface area contributed by atoms with Crippen LogP contribution in [0.3, 0.4) is 0 Å². The average Bonchev–Trinajstić information content (AvgIpc) is 3.65. The van der Waals surface area contributed by atoms with Gasteiger partial charge in [0.05, 0.1) is 26.9 Å². The van der Waals surface area contributed by atoms with Crippen molar-refractivity contribution in [2.45, 2.75) is 12.8 Å². The standard InChI is InChI=1S/C36H24N2S/c1-5-15-30-24(10-1)25-11-2-6-16-31(25)37(30)23-20-21-33-29(22-23)26-12-3-7-17-32(26)38(33)34-18-9-14-28-27-13-4-8-19-35(27)39-36(28)34/h1-6,8-16,18-22H,7,17H2. The number of hydrogen-bond donors (Lipinski definition) is 0. The van der Waals surface area contributed by atoms with Crippen molar-refractivity contribution in [1.29, 1.82) is 0 Å². The maximum atomic E-state index is 2.54. The van der Waals surface area contributed by atoms with Crippen LogP contribution in [-0.4, -0.2) is 9.13 Å². The van der Waals surface area contributed by atoms with E-state index >= 15 is 0 Å². The number of benzene rings is 5. The fourth-order valence-corrected chi connectivity index (χ4v) is 7.94. The van der Waals surface area contributed by atoms with E-state index < -0.39 is 0 Å². The van der Waals surface area contributed by atoms with Crippen LogP contribution in [-0.2, 0) is 6.42 Å². The molecule has 0 fully saturated rings. The molecule has 0 amide bonds.